The highest BCUT2D eigenvalue weighted by atomic mass is 32.2. The van der Waals surface area contributed by atoms with Gasteiger partial charge >= 0.3 is 0 Å². The van der Waals surface area contributed by atoms with Crippen LogP contribution in [-0.4, -0.2) is 43.9 Å². The lowest BCUT2D eigenvalue weighted by atomic mass is 10.1. The van der Waals surface area contributed by atoms with Crippen LogP contribution in [0.4, 0.5) is 0 Å². The summed E-state index contributed by atoms with van der Waals surface area (Å²) in [6.45, 7) is 2.21. The number of carbonyl (C=O) groups excluding carboxylic acids is 1. The van der Waals surface area contributed by atoms with E-state index in [9.17, 15) is 13.2 Å². The molecule has 1 aromatic heterocycles. The molecule has 0 radical (unpaired) electrons. The molecule has 1 aromatic carbocycles. The molecule has 0 aliphatic carbocycles. The molecule has 1 amide bonds. The Kier molecular flexibility index (Phi) is 5.36. The molecule has 1 saturated heterocycles. The van der Waals surface area contributed by atoms with E-state index in [-0.39, 0.29) is 36.4 Å². The topological polar surface area (TPSA) is 76.8 Å². The van der Waals surface area contributed by atoms with Gasteiger partial charge in [0.1, 0.15) is 11.5 Å². The monoisotopic (exact) mass is 377 g/mol. The summed E-state index contributed by atoms with van der Waals surface area (Å²) in [4.78, 5) is 14.6. The second-order valence-corrected chi connectivity index (χ2v) is 8.87. The molecule has 1 fully saturated rings. The number of hydrogen-bond acceptors (Lipinski definition) is 5. The fraction of sp³-hybridized carbons (Fsp3) is 0.421. The van der Waals surface area contributed by atoms with E-state index >= 15 is 0 Å². The lowest BCUT2D eigenvalue weighted by Gasteiger charge is -2.27. The van der Waals surface area contributed by atoms with Crippen LogP contribution in [0, 0.1) is 6.92 Å². The van der Waals surface area contributed by atoms with Gasteiger partial charge in [-0.15, -0.1) is 0 Å². The van der Waals surface area contributed by atoms with Gasteiger partial charge in [0.2, 0.25) is 5.91 Å². The number of rotatable bonds is 6. The Morgan fingerprint density at radius 2 is 2.15 bits per heavy atom. The first kappa shape index (κ1) is 18.5. The van der Waals surface area contributed by atoms with Crippen LogP contribution in [0.5, 0.6) is 5.75 Å². The van der Waals surface area contributed by atoms with Gasteiger partial charge in [0, 0.05) is 6.04 Å². The number of benzene rings is 1. The number of ether oxygens (including phenoxy) is 1. The number of amides is 1. The number of nitrogens with zero attached hydrogens (tertiary/aromatic N) is 1. The van der Waals surface area contributed by atoms with Crippen molar-refractivity contribution in [1.29, 1.82) is 0 Å². The van der Waals surface area contributed by atoms with Crippen molar-refractivity contribution >= 4 is 15.7 Å². The van der Waals surface area contributed by atoms with Crippen molar-refractivity contribution in [2.75, 3.05) is 18.6 Å². The molecule has 1 atom stereocenters. The third-order valence-electron chi connectivity index (χ3n) is 4.70. The highest BCUT2D eigenvalue weighted by Gasteiger charge is 2.35. The molecule has 7 heteroatoms. The van der Waals surface area contributed by atoms with Gasteiger partial charge in [-0.1, -0.05) is 12.1 Å². The summed E-state index contributed by atoms with van der Waals surface area (Å²) in [6.07, 6.45) is 2.20. The maximum Gasteiger partial charge on any atom is 0.227 e. The first-order valence-electron chi connectivity index (χ1n) is 8.54. The highest BCUT2D eigenvalue weighted by molar-refractivity contribution is 7.91. The molecule has 1 aliphatic heterocycles. The first-order valence-corrected chi connectivity index (χ1v) is 10.4. The molecule has 1 aliphatic rings. The van der Waals surface area contributed by atoms with Gasteiger partial charge < -0.3 is 14.1 Å². The summed E-state index contributed by atoms with van der Waals surface area (Å²) < 4.78 is 34.4. The molecule has 0 N–H and O–H groups in total. The van der Waals surface area contributed by atoms with E-state index in [4.69, 9.17) is 9.15 Å². The highest BCUT2D eigenvalue weighted by Crippen LogP contribution is 2.23. The summed E-state index contributed by atoms with van der Waals surface area (Å²) in [7, 11) is -1.49. The molecule has 2 aromatic rings. The van der Waals surface area contributed by atoms with Gasteiger partial charge in [0.15, 0.2) is 9.84 Å². The lowest BCUT2D eigenvalue weighted by molar-refractivity contribution is -0.133. The second-order valence-electron chi connectivity index (χ2n) is 6.64. The molecule has 3 rings (SSSR count). The molecule has 0 unspecified atom stereocenters. The third kappa shape index (κ3) is 4.27. The Balaban J connectivity index is 1.80. The summed E-state index contributed by atoms with van der Waals surface area (Å²) in [5.74, 6) is 1.39. The summed E-state index contributed by atoms with van der Waals surface area (Å²) in [6, 6.07) is 8.89. The number of aryl methyl sites for hydroxylation is 1. The van der Waals surface area contributed by atoms with Gasteiger partial charge in [-0.05, 0) is 42.7 Å². The molecule has 0 bridgehead atoms. The predicted octanol–water partition coefficient (Wildman–Crippen LogP) is 2.36. The van der Waals surface area contributed by atoms with Gasteiger partial charge in [0.25, 0.3) is 0 Å². The zero-order chi connectivity index (χ0) is 18.7. The third-order valence-corrected chi connectivity index (χ3v) is 6.45. The number of methoxy groups -OCH3 is 1. The van der Waals surface area contributed by atoms with E-state index in [0.717, 1.165) is 16.9 Å². The smallest absolute Gasteiger partial charge is 0.227 e. The van der Waals surface area contributed by atoms with E-state index in [1.54, 1.807) is 30.4 Å². The van der Waals surface area contributed by atoms with Gasteiger partial charge in [-0.2, -0.15) is 0 Å². The number of sulfone groups is 1. The van der Waals surface area contributed by atoms with Crippen LogP contribution in [-0.2, 0) is 27.6 Å². The average molecular weight is 377 g/mol. The Labute approximate surface area is 153 Å². The maximum absolute atomic E-state index is 13.0. The molecular weight excluding hydrogens is 354 g/mol. The van der Waals surface area contributed by atoms with Crippen molar-refractivity contribution < 1.29 is 22.4 Å². The lowest BCUT2D eigenvalue weighted by Crippen LogP contribution is -2.41. The van der Waals surface area contributed by atoms with Gasteiger partial charge in [0.05, 0.1) is 37.8 Å². The minimum atomic E-state index is -3.09. The maximum atomic E-state index is 13.0. The number of furan rings is 1. The Bertz CT molecular complexity index is 873. The van der Waals surface area contributed by atoms with E-state index < -0.39 is 9.84 Å². The standard InChI is InChI=1S/C19H23NO5S/c1-14-5-6-15(10-18(14)24-2)11-19(21)20(12-17-4-3-8-25-17)16-7-9-26(22,23)13-16/h3-6,8,10,16H,7,9,11-13H2,1-2H3/t16-/m1/s1. The normalized spacial score (nSPS) is 18.6. The molecule has 0 spiro atoms. The Morgan fingerprint density at radius 1 is 1.35 bits per heavy atom. The van der Waals surface area contributed by atoms with Crippen LogP contribution < -0.4 is 4.74 Å². The largest absolute Gasteiger partial charge is 0.496 e. The van der Waals surface area contributed by atoms with Crippen molar-refractivity contribution in [1.82, 2.24) is 4.90 Å². The van der Waals surface area contributed by atoms with Crippen molar-refractivity contribution in [3.05, 3.63) is 53.5 Å². The number of hydrogen-bond donors (Lipinski definition) is 0. The Morgan fingerprint density at radius 3 is 2.77 bits per heavy atom. The van der Waals surface area contributed by atoms with Crippen molar-refractivity contribution in [3.63, 3.8) is 0 Å². The summed E-state index contributed by atoms with van der Waals surface area (Å²) in [5, 5.41) is 0. The van der Waals surface area contributed by atoms with Crippen LogP contribution in [0.3, 0.4) is 0 Å². The fourth-order valence-corrected chi connectivity index (χ4v) is 4.99. The summed E-state index contributed by atoms with van der Waals surface area (Å²) in [5.41, 5.74) is 1.83. The van der Waals surface area contributed by atoms with Crippen molar-refractivity contribution in [2.45, 2.75) is 32.4 Å². The van der Waals surface area contributed by atoms with Crippen LogP contribution in [0.2, 0.25) is 0 Å². The molecule has 2 heterocycles. The van der Waals surface area contributed by atoms with E-state index in [0.29, 0.717) is 12.2 Å². The fourth-order valence-electron chi connectivity index (χ4n) is 3.26. The quantitative estimate of drug-likeness (QED) is 0.772. The molecular formula is C19H23NO5S. The molecule has 140 valence electrons. The van der Waals surface area contributed by atoms with Crippen molar-refractivity contribution in [3.8, 4) is 5.75 Å². The van der Waals surface area contributed by atoms with Crippen LogP contribution in [0.25, 0.3) is 0 Å². The van der Waals surface area contributed by atoms with Gasteiger partial charge in [-0.3, -0.25) is 4.79 Å². The van der Waals surface area contributed by atoms with Crippen molar-refractivity contribution in [2.24, 2.45) is 0 Å². The average Bonchev–Trinajstić information content (AvgIpc) is 3.23. The zero-order valence-corrected chi connectivity index (χ0v) is 15.8. The van der Waals surface area contributed by atoms with Gasteiger partial charge in [-0.25, -0.2) is 8.42 Å². The zero-order valence-electron chi connectivity index (χ0n) is 15.0. The van der Waals surface area contributed by atoms with Crippen LogP contribution in [0.1, 0.15) is 23.3 Å². The SMILES string of the molecule is COc1cc(CC(=O)N(Cc2ccco2)[C@@H]2CCS(=O)(=O)C2)ccc1C. The minimum absolute atomic E-state index is 0.0106. The summed E-state index contributed by atoms with van der Waals surface area (Å²) >= 11 is 0. The van der Waals surface area contributed by atoms with E-state index in [1.165, 1.54) is 0 Å². The predicted molar refractivity (Wildman–Crippen MR) is 97.8 cm³/mol. The molecule has 6 nitrogen and oxygen atoms in total. The van der Waals surface area contributed by atoms with E-state index in [1.807, 2.05) is 25.1 Å². The first-order chi connectivity index (χ1) is 12.4. The second kappa shape index (κ2) is 7.53. The molecule has 0 saturated carbocycles. The number of carbonyl (C=O) groups is 1. The van der Waals surface area contributed by atoms with E-state index in [2.05, 4.69) is 0 Å². The van der Waals surface area contributed by atoms with Crippen LogP contribution >= 0.6 is 0 Å². The van der Waals surface area contributed by atoms with Crippen LogP contribution in [0.15, 0.2) is 41.0 Å². The molecule has 26 heavy (non-hydrogen) atoms. The minimum Gasteiger partial charge on any atom is -0.496 e. The Hall–Kier alpha value is -2.28.